The fourth-order valence-electron chi connectivity index (χ4n) is 3.62. The summed E-state index contributed by atoms with van der Waals surface area (Å²) in [5.41, 5.74) is 3.13. The number of rotatable bonds is 6. The van der Waals surface area contributed by atoms with E-state index < -0.39 is 0 Å². The smallest absolute Gasteiger partial charge is 0.231 e. The Morgan fingerprint density at radius 2 is 2.00 bits per heavy atom. The van der Waals surface area contributed by atoms with Crippen LogP contribution in [0.5, 0.6) is 11.5 Å². The van der Waals surface area contributed by atoms with Crippen LogP contribution < -0.4 is 14.8 Å². The number of benzene rings is 2. The molecule has 0 bridgehead atoms. The van der Waals surface area contributed by atoms with Crippen LogP contribution in [-0.4, -0.2) is 23.7 Å². The molecule has 0 aliphatic carbocycles. The van der Waals surface area contributed by atoms with Gasteiger partial charge in [-0.1, -0.05) is 37.3 Å². The average Bonchev–Trinajstić information content (AvgIpc) is 3.32. The summed E-state index contributed by atoms with van der Waals surface area (Å²) in [5.74, 6) is 1.39. The van der Waals surface area contributed by atoms with Crippen LogP contribution in [0, 0.1) is 0 Å². The fraction of sp³-hybridized carbons (Fsp3) is 0.318. The molecule has 4 rings (SSSR count). The Morgan fingerprint density at radius 1 is 1.15 bits per heavy atom. The van der Waals surface area contributed by atoms with E-state index in [2.05, 4.69) is 23.3 Å². The Bertz CT molecular complexity index is 963. The van der Waals surface area contributed by atoms with Gasteiger partial charge in [-0.3, -0.25) is 4.79 Å². The van der Waals surface area contributed by atoms with Gasteiger partial charge in [-0.2, -0.15) is 0 Å². The summed E-state index contributed by atoms with van der Waals surface area (Å²) in [6.07, 6.45) is 3.26. The Morgan fingerprint density at radius 3 is 2.85 bits per heavy atom. The Labute approximate surface area is 158 Å². The molecule has 1 aromatic heterocycles. The number of para-hydroxylation sites is 2. The zero-order chi connectivity index (χ0) is 18.8. The Balaban J connectivity index is 1.76. The number of carbonyl (C=O) groups excluding carboxylic acids is 1. The Hall–Kier alpha value is -2.95. The lowest BCUT2D eigenvalue weighted by atomic mass is 9.87. The maximum absolute atomic E-state index is 12.7. The highest BCUT2D eigenvalue weighted by molar-refractivity contribution is 5.86. The van der Waals surface area contributed by atoms with Crippen molar-refractivity contribution in [2.45, 2.75) is 38.6 Å². The molecule has 2 aromatic carbocycles. The van der Waals surface area contributed by atoms with Crippen molar-refractivity contribution in [3.63, 3.8) is 0 Å². The fourth-order valence-corrected chi connectivity index (χ4v) is 3.62. The van der Waals surface area contributed by atoms with Crippen LogP contribution >= 0.6 is 0 Å². The molecule has 3 aromatic rings. The first-order valence-electron chi connectivity index (χ1n) is 9.41. The first kappa shape index (κ1) is 17.5. The zero-order valence-electron chi connectivity index (χ0n) is 15.6. The third-order valence-electron chi connectivity index (χ3n) is 5.21. The van der Waals surface area contributed by atoms with Gasteiger partial charge in [0.2, 0.25) is 12.7 Å². The van der Waals surface area contributed by atoms with Gasteiger partial charge in [-0.25, -0.2) is 0 Å². The van der Waals surface area contributed by atoms with Crippen LogP contribution in [0.3, 0.4) is 0 Å². The number of H-pyrrole nitrogens is 1. The minimum atomic E-state index is -0.123. The van der Waals surface area contributed by atoms with Crippen LogP contribution in [0.1, 0.15) is 43.7 Å². The number of ether oxygens (including phenoxy) is 2. The van der Waals surface area contributed by atoms with Crippen LogP contribution in [0.15, 0.2) is 48.7 Å². The van der Waals surface area contributed by atoms with Crippen molar-refractivity contribution >= 4 is 16.8 Å². The van der Waals surface area contributed by atoms with E-state index >= 15 is 0 Å². The third-order valence-corrected chi connectivity index (χ3v) is 5.21. The second kappa shape index (κ2) is 7.35. The highest BCUT2D eigenvalue weighted by Crippen LogP contribution is 2.44. The van der Waals surface area contributed by atoms with Gasteiger partial charge in [-0.15, -0.1) is 0 Å². The summed E-state index contributed by atoms with van der Waals surface area (Å²) >= 11 is 0. The van der Waals surface area contributed by atoms with E-state index in [1.807, 2.05) is 49.5 Å². The van der Waals surface area contributed by atoms with E-state index in [9.17, 15) is 4.79 Å². The van der Waals surface area contributed by atoms with Crippen LogP contribution in [0.4, 0.5) is 0 Å². The van der Waals surface area contributed by atoms with E-state index in [0.717, 1.165) is 39.9 Å². The lowest BCUT2D eigenvalue weighted by molar-refractivity contribution is -0.121. The second-order valence-electron chi connectivity index (χ2n) is 7.00. The number of fused-ring (bicyclic) bond motifs is 2. The molecule has 0 saturated carbocycles. The monoisotopic (exact) mass is 364 g/mol. The molecular weight excluding hydrogens is 340 g/mol. The molecule has 2 heterocycles. The lowest BCUT2D eigenvalue weighted by Gasteiger charge is -2.20. The summed E-state index contributed by atoms with van der Waals surface area (Å²) in [7, 11) is 0. The molecule has 0 unspecified atom stereocenters. The van der Waals surface area contributed by atoms with Crippen molar-refractivity contribution < 1.29 is 14.3 Å². The summed E-state index contributed by atoms with van der Waals surface area (Å²) in [5, 5.41) is 4.21. The van der Waals surface area contributed by atoms with Crippen molar-refractivity contribution in [2.75, 3.05) is 6.79 Å². The molecule has 1 aliphatic heterocycles. The van der Waals surface area contributed by atoms with Crippen LogP contribution in [-0.2, 0) is 4.79 Å². The molecule has 0 fully saturated rings. The highest BCUT2D eigenvalue weighted by atomic mass is 16.7. The minimum absolute atomic E-state index is 0.0381. The lowest BCUT2D eigenvalue weighted by Crippen LogP contribution is -2.33. The van der Waals surface area contributed by atoms with E-state index in [1.165, 1.54) is 0 Å². The van der Waals surface area contributed by atoms with Gasteiger partial charge in [0.15, 0.2) is 11.5 Å². The summed E-state index contributed by atoms with van der Waals surface area (Å²) in [6, 6.07) is 14.2. The normalized spacial score (nSPS) is 14.9. The van der Waals surface area contributed by atoms with E-state index in [0.29, 0.717) is 6.42 Å². The Kier molecular flexibility index (Phi) is 4.75. The van der Waals surface area contributed by atoms with Crippen molar-refractivity contribution in [1.29, 1.82) is 0 Å². The predicted octanol–water partition coefficient (Wildman–Crippen LogP) is 4.33. The molecule has 1 amide bonds. The number of amides is 1. The summed E-state index contributed by atoms with van der Waals surface area (Å²) in [6.45, 7) is 4.30. The number of aromatic nitrogens is 1. The number of hydrogen-bond donors (Lipinski definition) is 2. The van der Waals surface area contributed by atoms with Gasteiger partial charge in [-0.05, 0) is 31.0 Å². The number of carbonyl (C=O) groups is 1. The summed E-state index contributed by atoms with van der Waals surface area (Å²) in [4.78, 5) is 16.1. The molecule has 5 heteroatoms. The zero-order valence-corrected chi connectivity index (χ0v) is 15.6. The second-order valence-corrected chi connectivity index (χ2v) is 7.00. The van der Waals surface area contributed by atoms with Crippen molar-refractivity contribution in [3.05, 3.63) is 59.8 Å². The van der Waals surface area contributed by atoms with Gasteiger partial charge in [0.1, 0.15) is 0 Å². The van der Waals surface area contributed by atoms with E-state index in [-0.39, 0.29) is 24.7 Å². The van der Waals surface area contributed by atoms with E-state index in [1.54, 1.807) is 0 Å². The van der Waals surface area contributed by atoms with Crippen molar-refractivity contribution in [2.24, 2.45) is 0 Å². The third kappa shape index (κ3) is 3.37. The topological polar surface area (TPSA) is 63.4 Å². The van der Waals surface area contributed by atoms with E-state index in [4.69, 9.17) is 9.47 Å². The molecule has 0 saturated heterocycles. The molecular formula is C22H24N2O3. The van der Waals surface area contributed by atoms with Gasteiger partial charge < -0.3 is 19.8 Å². The van der Waals surface area contributed by atoms with Crippen LogP contribution in [0.25, 0.3) is 10.9 Å². The number of aromatic amines is 1. The average molecular weight is 364 g/mol. The quantitative estimate of drug-likeness (QED) is 0.684. The molecule has 5 nitrogen and oxygen atoms in total. The molecule has 140 valence electrons. The molecule has 27 heavy (non-hydrogen) atoms. The van der Waals surface area contributed by atoms with Crippen LogP contribution in [0.2, 0.25) is 0 Å². The van der Waals surface area contributed by atoms with Crippen molar-refractivity contribution in [1.82, 2.24) is 10.3 Å². The first-order chi connectivity index (χ1) is 13.2. The predicted molar refractivity (Wildman–Crippen MR) is 105 cm³/mol. The maximum Gasteiger partial charge on any atom is 0.231 e. The van der Waals surface area contributed by atoms with Gasteiger partial charge in [0.25, 0.3) is 0 Å². The molecule has 2 N–H and O–H groups in total. The molecule has 0 spiro atoms. The van der Waals surface area contributed by atoms with Gasteiger partial charge in [0, 0.05) is 41.0 Å². The number of hydrogen-bond acceptors (Lipinski definition) is 3. The molecule has 2 atom stereocenters. The number of nitrogens with one attached hydrogen (secondary N) is 2. The largest absolute Gasteiger partial charge is 0.454 e. The standard InChI is InChI=1S/C22H24N2O3/c1-3-14(2)24-21(25)11-17(16-8-6-10-20-22(16)27-13-26-20)18-12-23-19-9-5-4-7-15(18)19/h4-10,12,14,17,23H,3,11,13H2,1-2H3,(H,24,25)/t14-,17-/m1/s1. The van der Waals surface area contributed by atoms with Crippen molar-refractivity contribution in [3.8, 4) is 11.5 Å². The molecule has 1 aliphatic rings. The first-order valence-corrected chi connectivity index (χ1v) is 9.41. The maximum atomic E-state index is 12.7. The minimum Gasteiger partial charge on any atom is -0.454 e. The van der Waals surface area contributed by atoms with Gasteiger partial charge in [0.05, 0.1) is 0 Å². The summed E-state index contributed by atoms with van der Waals surface area (Å²) < 4.78 is 11.3. The van der Waals surface area contributed by atoms with Gasteiger partial charge >= 0.3 is 0 Å². The SMILES string of the molecule is CC[C@@H](C)NC(=O)C[C@H](c1cccc2c1OCO2)c1c[nH]c2ccccc12. The molecule has 0 radical (unpaired) electrons. The highest BCUT2D eigenvalue weighted by Gasteiger charge is 2.28.